The molecule has 0 N–H and O–H groups in total. The van der Waals surface area contributed by atoms with E-state index in [1.807, 2.05) is 0 Å². The van der Waals surface area contributed by atoms with Crippen LogP contribution in [0.3, 0.4) is 0 Å². The van der Waals surface area contributed by atoms with Crippen LogP contribution >= 0.6 is 27.5 Å². The molecule has 0 aliphatic carbocycles. The van der Waals surface area contributed by atoms with Gasteiger partial charge < -0.3 is 4.90 Å². The number of halogens is 5. The van der Waals surface area contributed by atoms with Crippen LogP contribution in [0.15, 0.2) is 22.7 Å². The zero-order chi connectivity index (χ0) is 13.2. The van der Waals surface area contributed by atoms with Gasteiger partial charge in [-0.3, -0.25) is 4.79 Å². The van der Waals surface area contributed by atoms with Gasteiger partial charge in [-0.15, -0.1) is 0 Å². The normalized spacial score (nSPS) is 11.4. The van der Waals surface area contributed by atoms with Gasteiger partial charge in [-0.25, -0.2) is 0 Å². The molecule has 0 aliphatic rings. The zero-order valence-electron chi connectivity index (χ0n) is 8.68. The third-order valence-corrected chi connectivity index (χ3v) is 3.14. The number of benzene rings is 1. The fourth-order valence-corrected chi connectivity index (χ4v) is 1.69. The Bertz CT molecular complexity index is 436. The SMILES string of the molecule is CN(CC(F)(F)F)C(=O)c1ccc(Cl)c(Br)c1. The lowest BCUT2D eigenvalue weighted by Gasteiger charge is -2.19. The van der Waals surface area contributed by atoms with Crippen molar-refractivity contribution in [1.82, 2.24) is 4.90 Å². The van der Waals surface area contributed by atoms with Gasteiger partial charge in [0, 0.05) is 17.1 Å². The molecular weight excluding hydrogens is 322 g/mol. The average Bonchev–Trinajstić information content (AvgIpc) is 2.18. The molecule has 0 unspecified atom stereocenters. The Morgan fingerprint density at radius 2 is 2.06 bits per heavy atom. The summed E-state index contributed by atoms with van der Waals surface area (Å²) in [5.74, 6) is -0.709. The molecule has 0 fully saturated rings. The summed E-state index contributed by atoms with van der Waals surface area (Å²) in [6, 6.07) is 4.21. The third-order valence-electron chi connectivity index (χ3n) is 1.93. The molecule has 0 radical (unpaired) electrons. The number of alkyl halides is 3. The third kappa shape index (κ3) is 4.20. The maximum absolute atomic E-state index is 12.1. The van der Waals surface area contributed by atoms with E-state index in [4.69, 9.17) is 11.6 Å². The highest BCUT2D eigenvalue weighted by Gasteiger charge is 2.31. The van der Waals surface area contributed by atoms with Crippen LogP contribution in [-0.2, 0) is 0 Å². The summed E-state index contributed by atoms with van der Waals surface area (Å²) in [6.07, 6.45) is -4.41. The van der Waals surface area contributed by atoms with Crippen molar-refractivity contribution < 1.29 is 18.0 Å². The van der Waals surface area contributed by atoms with E-state index in [0.29, 0.717) is 14.4 Å². The number of hydrogen-bond acceptors (Lipinski definition) is 1. The number of hydrogen-bond donors (Lipinski definition) is 0. The molecule has 0 aromatic heterocycles. The van der Waals surface area contributed by atoms with Crippen molar-refractivity contribution in [2.75, 3.05) is 13.6 Å². The fraction of sp³-hybridized carbons (Fsp3) is 0.300. The number of rotatable bonds is 2. The van der Waals surface area contributed by atoms with Gasteiger partial charge in [0.2, 0.25) is 0 Å². The summed E-state index contributed by atoms with van der Waals surface area (Å²) in [4.78, 5) is 12.3. The average molecular weight is 331 g/mol. The maximum atomic E-state index is 12.1. The molecule has 1 aromatic rings. The second-order valence-electron chi connectivity index (χ2n) is 3.41. The van der Waals surface area contributed by atoms with E-state index in [1.165, 1.54) is 18.2 Å². The Hall–Kier alpha value is -0.750. The molecule has 1 aromatic carbocycles. The number of carbonyl (C=O) groups is 1. The summed E-state index contributed by atoms with van der Waals surface area (Å²) in [7, 11) is 1.10. The molecule has 2 nitrogen and oxygen atoms in total. The molecule has 0 heterocycles. The van der Waals surface area contributed by atoms with E-state index in [1.54, 1.807) is 0 Å². The lowest BCUT2D eigenvalue weighted by molar-refractivity contribution is -0.138. The molecular formula is C10H8BrClF3NO. The second-order valence-corrected chi connectivity index (χ2v) is 4.67. The van der Waals surface area contributed by atoms with Crippen LogP contribution in [0, 0.1) is 0 Å². The van der Waals surface area contributed by atoms with Crippen LogP contribution in [0.5, 0.6) is 0 Å². The molecule has 94 valence electrons. The maximum Gasteiger partial charge on any atom is 0.406 e. The van der Waals surface area contributed by atoms with Crippen molar-refractivity contribution in [3.8, 4) is 0 Å². The summed E-state index contributed by atoms with van der Waals surface area (Å²) in [5, 5.41) is 0.389. The zero-order valence-corrected chi connectivity index (χ0v) is 11.0. The first-order valence-corrected chi connectivity index (χ1v) is 5.65. The van der Waals surface area contributed by atoms with E-state index in [2.05, 4.69) is 15.9 Å². The van der Waals surface area contributed by atoms with Gasteiger partial charge in [0.05, 0.1) is 5.02 Å². The molecule has 0 saturated carbocycles. The van der Waals surface area contributed by atoms with Gasteiger partial charge >= 0.3 is 6.18 Å². The van der Waals surface area contributed by atoms with E-state index in [0.717, 1.165) is 7.05 Å². The molecule has 17 heavy (non-hydrogen) atoms. The van der Waals surface area contributed by atoms with Crippen molar-refractivity contribution >= 4 is 33.4 Å². The van der Waals surface area contributed by atoms with Crippen LogP contribution in [0.2, 0.25) is 5.02 Å². The highest BCUT2D eigenvalue weighted by Crippen LogP contribution is 2.24. The Balaban J connectivity index is 2.85. The quantitative estimate of drug-likeness (QED) is 0.809. The van der Waals surface area contributed by atoms with E-state index in [9.17, 15) is 18.0 Å². The lowest BCUT2D eigenvalue weighted by Crippen LogP contribution is -2.35. The van der Waals surface area contributed by atoms with E-state index in [-0.39, 0.29) is 5.56 Å². The molecule has 0 spiro atoms. The number of nitrogens with zero attached hydrogens (tertiary/aromatic N) is 1. The van der Waals surface area contributed by atoms with Gasteiger partial charge in [0.25, 0.3) is 5.91 Å². The minimum absolute atomic E-state index is 0.146. The van der Waals surface area contributed by atoms with Gasteiger partial charge in [-0.2, -0.15) is 13.2 Å². The lowest BCUT2D eigenvalue weighted by atomic mass is 10.2. The van der Waals surface area contributed by atoms with E-state index >= 15 is 0 Å². The van der Waals surface area contributed by atoms with Gasteiger partial charge in [0.15, 0.2) is 0 Å². The molecule has 0 saturated heterocycles. The Morgan fingerprint density at radius 3 is 2.53 bits per heavy atom. The predicted molar refractivity (Wildman–Crippen MR) is 62.2 cm³/mol. The topological polar surface area (TPSA) is 20.3 Å². The first kappa shape index (κ1) is 14.3. The summed E-state index contributed by atoms with van der Waals surface area (Å²) < 4.78 is 36.8. The molecule has 7 heteroatoms. The molecule has 0 bridgehead atoms. The van der Waals surface area contributed by atoms with Crippen molar-refractivity contribution in [2.24, 2.45) is 0 Å². The van der Waals surface area contributed by atoms with Gasteiger partial charge in [0.1, 0.15) is 6.54 Å². The fourth-order valence-electron chi connectivity index (χ4n) is 1.19. The molecule has 1 amide bonds. The van der Waals surface area contributed by atoms with Gasteiger partial charge in [-0.1, -0.05) is 11.6 Å². The highest BCUT2D eigenvalue weighted by atomic mass is 79.9. The van der Waals surface area contributed by atoms with Crippen molar-refractivity contribution in [3.05, 3.63) is 33.3 Å². The standard InChI is InChI=1S/C10H8BrClF3NO/c1-16(5-10(13,14)15)9(17)6-2-3-8(12)7(11)4-6/h2-4H,5H2,1H3. The largest absolute Gasteiger partial charge is 0.406 e. The van der Waals surface area contributed by atoms with Crippen molar-refractivity contribution in [2.45, 2.75) is 6.18 Å². The van der Waals surface area contributed by atoms with Crippen LogP contribution in [0.4, 0.5) is 13.2 Å². The molecule has 0 aliphatic heterocycles. The summed E-state index contributed by atoms with van der Waals surface area (Å²) >= 11 is 8.82. The van der Waals surface area contributed by atoms with E-state index < -0.39 is 18.6 Å². The number of carbonyl (C=O) groups excluding carboxylic acids is 1. The Labute approximate surface area is 109 Å². The van der Waals surface area contributed by atoms with Crippen molar-refractivity contribution in [1.29, 1.82) is 0 Å². The second kappa shape index (κ2) is 5.27. The minimum atomic E-state index is -4.41. The van der Waals surface area contributed by atoms with Crippen LogP contribution in [0.25, 0.3) is 0 Å². The highest BCUT2D eigenvalue weighted by molar-refractivity contribution is 9.10. The Morgan fingerprint density at radius 1 is 1.47 bits per heavy atom. The van der Waals surface area contributed by atoms with Crippen LogP contribution < -0.4 is 0 Å². The number of amides is 1. The van der Waals surface area contributed by atoms with Gasteiger partial charge in [-0.05, 0) is 34.1 Å². The Kier molecular flexibility index (Phi) is 4.43. The minimum Gasteiger partial charge on any atom is -0.333 e. The first-order chi connectivity index (χ1) is 7.70. The molecule has 0 atom stereocenters. The summed E-state index contributed by atoms with van der Waals surface area (Å²) in [6.45, 7) is -1.29. The van der Waals surface area contributed by atoms with Crippen LogP contribution in [-0.4, -0.2) is 30.6 Å². The van der Waals surface area contributed by atoms with Crippen molar-refractivity contribution in [3.63, 3.8) is 0 Å². The predicted octanol–water partition coefficient (Wildman–Crippen LogP) is 3.74. The molecule has 1 rings (SSSR count). The smallest absolute Gasteiger partial charge is 0.333 e. The first-order valence-electron chi connectivity index (χ1n) is 4.48. The van der Waals surface area contributed by atoms with Crippen LogP contribution in [0.1, 0.15) is 10.4 Å². The monoisotopic (exact) mass is 329 g/mol. The summed E-state index contributed by atoms with van der Waals surface area (Å²) in [5.41, 5.74) is 0.146.